The molecule has 7 nitrogen and oxygen atoms in total. The van der Waals surface area contributed by atoms with Crippen LogP contribution in [-0.4, -0.2) is 28.7 Å². The number of nitrogens with zero attached hydrogens (tertiary/aromatic N) is 5. The molecular weight excluding hydrogens is 402 g/mol. The molecule has 1 aliphatic heterocycles. The number of nitriles is 2. The fraction of sp³-hybridized carbons (Fsp3) is 0.273. The number of halogens is 1. The van der Waals surface area contributed by atoms with Crippen LogP contribution in [0.15, 0.2) is 41.2 Å². The van der Waals surface area contributed by atoms with Gasteiger partial charge in [-0.05, 0) is 24.3 Å². The van der Waals surface area contributed by atoms with E-state index in [9.17, 15) is 15.3 Å². The second kappa shape index (κ2) is 8.06. The number of benzene rings is 1. The first-order valence-electron chi connectivity index (χ1n) is 9.53. The van der Waals surface area contributed by atoms with Crippen molar-refractivity contribution in [1.29, 1.82) is 10.5 Å². The van der Waals surface area contributed by atoms with Crippen LogP contribution in [0.5, 0.6) is 5.75 Å². The number of hydrogen-bond donors (Lipinski definition) is 0. The lowest BCUT2D eigenvalue weighted by Crippen LogP contribution is -2.40. The van der Waals surface area contributed by atoms with Crippen LogP contribution in [0.2, 0.25) is 5.15 Å². The highest BCUT2D eigenvalue weighted by Gasteiger charge is 2.27. The van der Waals surface area contributed by atoms with Crippen LogP contribution in [-0.2, 0) is 7.05 Å². The topological polar surface area (TPSA) is 94.9 Å². The van der Waals surface area contributed by atoms with Gasteiger partial charge in [0.05, 0.1) is 16.8 Å². The molecule has 3 aromatic rings. The van der Waals surface area contributed by atoms with E-state index in [-0.39, 0.29) is 17.2 Å². The van der Waals surface area contributed by atoms with Gasteiger partial charge < -0.3 is 14.2 Å². The third-order valence-electron chi connectivity index (χ3n) is 5.35. The van der Waals surface area contributed by atoms with Crippen molar-refractivity contribution in [1.82, 2.24) is 9.55 Å². The molecule has 3 heterocycles. The molecule has 0 radical (unpaired) electrons. The van der Waals surface area contributed by atoms with Gasteiger partial charge >= 0.3 is 0 Å². The number of hydrogen-bond acceptors (Lipinski definition) is 6. The van der Waals surface area contributed by atoms with Gasteiger partial charge in [0.15, 0.2) is 0 Å². The number of rotatable bonds is 3. The molecule has 1 fully saturated rings. The Morgan fingerprint density at radius 1 is 1.13 bits per heavy atom. The number of fused-ring (bicyclic) bond motifs is 1. The average Bonchev–Trinajstić information content (AvgIpc) is 2.77. The Morgan fingerprint density at radius 3 is 2.57 bits per heavy atom. The predicted octanol–water partition coefficient (Wildman–Crippen LogP) is 3.38. The Labute approximate surface area is 178 Å². The molecule has 0 N–H and O–H groups in total. The number of anilines is 1. The van der Waals surface area contributed by atoms with E-state index >= 15 is 0 Å². The highest BCUT2D eigenvalue weighted by molar-refractivity contribution is 6.29. The summed E-state index contributed by atoms with van der Waals surface area (Å²) in [5.74, 6) is 0.573. The third-order valence-corrected chi connectivity index (χ3v) is 5.56. The molecule has 0 aliphatic carbocycles. The highest BCUT2D eigenvalue weighted by atomic mass is 35.5. The van der Waals surface area contributed by atoms with Crippen LogP contribution in [0.25, 0.3) is 11.0 Å². The van der Waals surface area contributed by atoms with E-state index in [0.717, 1.165) is 0 Å². The normalized spacial score (nSPS) is 14.3. The molecule has 1 aliphatic rings. The van der Waals surface area contributed by atoms with Gasteiger partial charge in [0.25, 0.3) is 5.56 Å². The predicted molar refractivity (Wildman–Crippen MR) is 114 cm³/mol. The molecular formula is C22H18ClN5O2. The Morgan fingerprint density at radius 2 is 1.87 bits per heavy atom. The number of aromatic nitrogens is 2. The van der Waals surface area contributed by atoms with E-state index in [1.54, 1.807) is 37.4 Å². The van der Waals surface area contributed by atoms with Gasteiger partial charge in [-0.2, -0.15) is 10.5 Å². The van der Waals surface area contributed by atoms with E-state index in [2.05, 4.69) is 17.1 Å². The van der Waals surface area contributed by atoms with Gasteiger partial charge in [0.2, 0.25) is 0 Å². The van der Waals surface area contributed by atoms with Gasteiger partial charge in [-0.1, -0.05) is 23.7 Å². The van der Waals surface area contributed by atoms with Crippen LogP contribution >= 0.6 is 11.6 Å². The van der Waals surface area contributed by atoms with Gasteiger partial charge in [-0.3, -0.25) is 4.79 Å². The molecule has 2 aromatic heterocycles. The van der Waals surface area contributed by atoms with Crippen molar-refractivity contribution >= 4 is 28.3 Å². The lowest BCUT2D eigenvalue weighted by molar-refractivity contribution is 0.170. The van der Waals surface area contributed by atoms with Gasteiger partial charge in [-0.25, -0.2) is 4.98 Å². The molecule has 0 atom stereocenters. The summed E-state index contributed by atoms with van der Waals surface area (Å²) in [4.78, 5) is 19.2. The number of pyridine rings is 2. The number of para-hydroxylation sites is 1. The van der Waals surface area contributed by atoms with E-state index in [1.165, 1.54) is 4.57 Å². The monoisotopic (exact) mass is 419 g/mol. The maximum Gasteiger partial charge on any atom is 0.270 e. The first kappa shape index (κ1) is 19.8. The van der Waals surface area contributed by atoms with Crippen molar-refractivity contribution in [2.45, 2.75) is 18.9 Å². The quantitative estimate of drug-likeness (QED) is 0.604. The molecule has 1 saturated heterocycles. The average molecular weight is 420 g/mol. The van der Waals surface area contributed by atoms with Gasteiger partial charge in [-0.15, -0.1) is 0 Å². The van der Waals surface area contributed by atoms with E-state index in [0.29, 0.717) is 59.1 Å². The van der Waals surface area contributed by atoms with Crippen LogP contribution in [0.1, 0.15) is 24.0 Å². The molecule has 0 bridgehead atoms. The maximum absolute atomic E-state index is 12.7. The first-order chi connectivity index (χ1) is 14.5. The summed E-state index contributed by atoms with van der Waals surface area (Å²) in [6, 6.07) is 14.7. The highest BCUT2D eigenvalue weighted by Crippen LogP contribution is 2.31. The summed E-state index contributed by atoms with van der Waals surface area (Å²) in [6.45, 7) is 1.18. The largest absolute Gasteiger partial charge is 0.489 e. The molecule has 30 heavy (non-hydrogen) atoms. The Bertz CT molecular complexity index is 1260. The fourth-order valence-corrected chi connectivity index (χ4v) is 3.96. The summed E-state index contributed by atoms with van der Waals surface area (Å²) in [5.41, 5.74) is 1.89. The van der Waals surface area contributed by atoms with Crippen LogP contribution in [0.3, 0.4) is 0 Å². The van der Waals surface area contributed by atoms with Crippen molar-refractivity contribution in [2.24, 2.45) is 7.05 Å². The zero-order valence-corrected chi connectivity index (χ0v) is 17.1. The second-order valence-corrected chi connectivity index (χ2v) is 7.50. The summed E-state index contributed by atoms with van der Waals surface area (Å²) in [7, 11) is 1.62. The van der Waals surface area contributed by atoms with Crippen LogP contribution < -0.4 is 15.2 Å². The second-order valence-electron chi connectivity index (χ2n) is 7.11. The molecule has 0 unspecified atom stereocenters. The zero-order chi connectivity index (χ0) is 21.3. The van der Waals surface area contributed by atoms with Crippen molar-refractivity contribution in [3.05, 3.63) is 63.0 Å². The lowest BCUT2D eigenvalue weighted by atomic mass is 10.0. The number of piperidine rings is 1. The molecule has 8 heteroatoms. The standard InChI is InChI=1S/C22H18ClN5O2/c1-27-17-6-7-19(23)26-20(17)21(16(13-25)22(27)29)28-10-8-15(9-11-28)30-18-5-3-2-4-14(18)12-24/h2-7,15H,8-11H2,1H3. The summed E-state index contributed by atoms with van der Waals surface area (Å²) < 4.78 is 7.48. The van der Waals surface area contributed by atoms with Crippen molar-refractivity contribution in [3.8, 4) is 17.9 Å². The maximum atomic E-state index is 12.7. The van der Waals surface area contributed by atoms with Crippen LogP contribution in [0, 0.1) is 22.7 Å². The van der Waals surface area contributed by atoms with Gasteiger partial charge in [0.1, 0.15) is 40.2 Å². The Balaban J connectivity index is 1.65. The number of aryl methyl sites for hydroxylation is 1. The van der Waals surface area contributed by atoms with Crippen molar-refractivity contribution in [2.75, 3.05) is 18.0 Å². The van der Waals surface area contributed by atoms with E-state index in [4.69, 9.17) is 16.3 Å². The Kier molecular flexibility index (Phi) is 5.31. The van der Waals surface area contributed by atoms with Crippen molar-refractivity contribution in [3.63, 3.8) is 0 Å². The van der Waals surface area contributed by atoms with E-state index in [1.807, 2.05) is 11.0 Å². The fourth-order valence-electron chi connectivity index (χ4n) is 3.82. The van der Waals surface area contributed by atoms with E-state index < -0.39 is 0 Å². The SMILES string of the molecule is Cn1c(=O)c(C#N)c(N2CCC(Oc3ccccc3C#N)CC2)c2nc(Cl)ccc21. The smallest absolute Gasteiger partial charge is 0.270 e. The summed E-state index contributed by atoms with van der Waals surface area (Å²) in [6.07, 6.45) is 1.31. The summed E-state index contributed by atoms with van der Waals surface area (Å²) >= 11 is 6.11. The third kappa shape index (κ3) is 3.45. The number of ether oxygens (including phenoxy) is 1. The molecule has 1 aromatic carbocycles. The van der Waals surface area contributed by atoms with Gasteiger partial charge in [0, 0.05) is 33.0 Å². The zero-order valence-electron chi connectivity index (χ0n) is 16.3. The molecule has 0 saturated carbocycles. The first-order valence-corrected chi connectivity index (χ1v) is 9.91. The molecule has 150 valence electrons. The minimum absolute atomic E-state index is 0.0596. The van der Waals surface area contributed by atoms with Crippen LogP contribution in [0.4, 0.5) is 5.69 Å². The minimum Gasteiger partial charge on any atom is -0.489 e. The van der Waals surface area contributed by atoms with Crippen molar-refractivity contribution < 1.29 is 4.74 Å². The lowest BCUT2D eigenvalue weighted by Gasteiger charge is -2.34. The molecule has 4 rings (SSSR count). The molecule has 0 amide bonds. The Hall–Kier alpha value is -3.55. The summed E-state index contributed by atoms with van der Waals surface area (Å²) in [5, 5.41) is 19.2. The molecule has 0 spiro atoms. The minimum atomic E-state index is -0.356.